The molecule has 4 aromatic rings. The van der Waals surface area contributed by atoms with Gasteiger partial charge < -0.3 is 19.8 Å². The highest BCUT2D eigenvalue weighted by Gasteiger charge is 2.18. The van der Waals surface area contributed by atoms with Gasteiger partial charge in [0.1, 0.15) is 11.5 Å². The standard InChI is InChI=1S/C27H23BrN2O4/c28-20-12-13-25(34-16-14-19-7-2-1-3-8-19)23(17-20)27(32)30-24-11-5-4-10-22(24)26(31)29-18-21-9-6-15-33-21/h1-13,15,17H,14,16,18H2,(H,29,31)(H,30,32). The van der Waals surface area contributed by atoms with Crippen LogP contribution in [0.15, 0.2) is 100 Å². The van der Waals surface area contributed by atoms with Crippen LogP contribution in [0.4, 0.5) is 5.69 Å². The smallest absolute Gasteiger partial charge is 0.259 e. The lowest BCUT2D eigenvalue weighted by molar-refractivity contribution is 0.0949. The Morgan fingerprint density at radius 1 is 0.853 bits per heavy atom. The predicted octanol–water partition coefficient (Wildman–Crippen LogP) is 5.85. The fraction of sp³-hybridized carbons (Fsp3) is 0.111. The van der Waals surface area contributed by atoms with Gasteiger partial charge in [-0.2, -0.15) is 0 Å². The average Bonchev–Trinajstić information content (AvgIpc) is 3.38. The third kappa shape index (κ3) is 6.14. The summed E-state index contributed by atoms with van der Waals surface area (Å²) in [7, 11) is 0. The number of benzene rings is 3. The van der Waals surface area contributed by atoms with Crippen molar-refractivity contribution < 1.29 is 18.7 Å². The second kappa shape index (κ2) is 11.3. The van der Waals surface area contributed by atoms with Crippen molar-refractivity contribution in [3.63, 3.8) is 0 Å². The van der Waals surface area contributed by atoms with E-state index in [4.69, 9.17) is 9.15 Å². The molecule has 3 aromatic carbocycles. The number of para-hydroxylation sites is 1. The number of amides is 2. The van der Waals surface area contributed by atoms with Crippen molar-refractivity contribution in [3.05, 3.63) is 118 Å². The highest BCUT2D eigenvalue weighted by molar-refractivity contribution is 9.10. The molecule has 0 aliphatic carbocycles. The topological polar surface area (TPSA) is 80.6 Å². The zero-order chi connectivity index (χ0) is 23.8. The molecule has 1 aromatic heterocycles. The fourth-order valence-corrected chi connectivity index (χ4v) is 3.75. The summed E-state index contributed by atoms with van der Waals surface area (Å²) in [6.07, 6.45) is 2.27. The quantitative estimate of drug-likeness (QED) is 0.291. The van der Waals surface area contributed by atoms with E-state index in [9.17, 15) is 9.59 Å². The highest BCUT2D eigenvalue weighted by atomic mass is 79.9. The molecule has 0 bridgehead atoms. The van der Waals surface area contributed by atoms with E-state index < -0.39 is 0 Å². The van der Waals surface area contributed by atoms with Crippen LogP contribution < -0.4 is 15.4 Å². The zero-order valence-electron chi connectivity index (χ0n) is 18.3. The summed E-state index contributed by atoms with van der Waals surface area (Å²) < 4.78 is 11.9. The Labute approximate surface area is 206 Å². The third-order valence-electron chi connectivity index (χ3n) is 5.10. The minimum absolute atomic E-state index is 0.249. The minimum atomic E-state index is -0.373. The lowest BCUT2D eigenvalue weighted by atomic mass is 10.1. The van der Waals surface area contributed by atoms with Crippen molar-refractivity contribution in [2.24, 2.45) is 0 Å². The lowest BCUT2D eigenvalue weighted by Crippen LogP contribution is -2.24. The molecule has 0 radical (unpaired) electrons. The molecule has 0 spiro atoms. The van der Waals surface area contributed by atoms with Gasteiger partial charge in [0.25, 0.3) is 11.8 Å². The number of rotatable bonds is 9. The van der Waals surface area contributed by atoms with Gasteiger partial charge in [0.2, 0.25) is 0 Å². The van der Waals surface area contributed by atoms with Crippen LogP contribution >= 0.6 is 15.9 Å². The Hall–Kier alpha value is -3.84. The summed E-state index contributed by atoms with van der Waals surface area (Å²) in [5.41, 5.74) is 2.27. The number of nitrogens with one attached hydrogen (secondary N) is 2. The van der Waals surface area contributed by atoms with Gasteiger partial charge in [-0.1, -0.05) is 58.4 Å². The number of ether oxygens (including phenoxy) is 1. The molecule has 34 heavy (non-hydrogen) atoms. The molecule has 1 heterocycles. The largest absolute Gasteiger partial charge is 0.492 e. The second-order valence-corrected chi connectivity index (χ2v) is 8.40. The van der Waals surface area contributed by atoms with E-state index in [0.717, 1.165) is 16.5 Å². The van der Waals surface area contributed by atoms with Crippen LogP contribution in [0.1, 0.15) is 32.0 Å². The van der Waals surface area contributed by atoms with Crippen LogP contribution in [0.2, 0.25) is 0 Å². The van der Waals surface area contributed by atoms with E-state index in [1.165, 1.54) is 0 Å². The molecule has 0 saturated carbocycles. The maximum absolute atomic E-state index is 13.2. The SMILES string of the molecule is O=C(NCc1ccco1)c1ccccc1NC(=O)c1cc(Br)ccc1OCCc1ccccc1. The monoisotopic (exact) mass is 518 g/mol. The minimum Gasteiger partial charge on any atom is -0.492 e. The number of halogens is 1. The average molecular weight is 519 g/mol. The molecule has 2 amide bonds. The Morgan fingerprint density at radius 3 is 2.44 bits per heavy atom. The number of carbonyl (C=O) groups is 2. The Morgan fingerprint density at radius 2 is 1.65 bits per heavy atom. The van der Waals surface area contributed by atoms with E-state index in [1.54, 1.807) is 54.8 Å². The van der Waals surface area contributed by atoms with E-state index in [1.807, 2.05) is 36.4 Å². The van der Waals surface area contributed by atoms with Crippen LogP contribution in [-0.2, 0) is 13.0 Å². The van der Waals surface area contributed by atoms with Crippen LogP contribution in [-0.4, -0.2) is 18.4 Å². The summed E-state index contributed by atoms with van der Waals surface area (Å²) in [6, 6.07) is 25.7. The van der Waals surface area contributed by atoms with E-state index in [0.29, 0.717) is 34.9 Å². The number of hydrogen-bond acceptors (Lipinski definition) is 4. The molecule has 0 fully saturated rings. The van der Waals surface area contributed by atoms with E-state index in [-0.39, 0.29) is 18.4 Å². The molecule has 0 aliphatic heterocycles. The highest BCUT2D eigenvalue weighted by Crippen LogP contribution is 2.25. The van der Waals surface area contributed by atoms with Gasteiger partial charge in [0.15, 0.2) is 0 Å². The molecule has 7 heteroatoms. The van der Waals surface area contributed by atoms with Crippen LogP contribution in [0, 0.1) is 0 Å². The van der Waals surface area contributed by atoms with Gasteiger partial charge in [-0.25, -0.2) is 0 Å². The zero-order valence-corrected chi connectivity index (χ0v) is 19.9. The van der Waals surface area contributed by atoms with Crippen molar-refractivity contribution in [1.29, 1.82) is 0 Å². The number of furan rings is 1. The summed E-state index contributed by atoms with van der Waals surface area (Å²) in [6.45, 7) is 0.677. The number of carbonyl (C=O) groups excluding carboxylic acids is 2. The molecule has 0 aliphatic rings. The molecule has 172 valence electrons. The maximum atomic E-state index is 13.2. The predicted molar refractivity (Wildman–Crippen MR) is 134 cm³/mol. The van der Waals surface area contributed by atoms with Gasteiger partial charge in [0.05, 0.1) is 36.2 Å². The van der Waals surface area contributed by atoms with Crippen molar-refractivity contribution >= 4 is 33.4 Å². The molecule has 4 rings (SSSR count). The van der Waals surface area contributed by atoms with Gasteiger partial charge in [-0.3, -0.25) is 9.59 Å². The van der Waals surface area contributed by atoms with Crippen molar-refractivity contribution in [1.82, 2.24) is 5.32 Å². The Kier molecular flexibility index (Phi) is 7.78. The summed E-state index contributed by atoms with van der Waals surface area (Å²) in [4.78, 5) is 25.9. The number of hydrogen-bond donors (Lipinski definition) is 2. The van der Waals surface area contributed by atoms with Crippen molar-refractivity contribution in [2.75, 3.05) is 11.9 Å². The first-order chi connectivity index (χ1) is 16.6. The molecular formula is C27H23BrN2O4. The molecule has 2 N–H and O–H groups in total. The first kappa shape index (κ1) is 23.3. The van der Waals surface area contributed by atoms with Gasteiger partial charge >= 0.3 is 0 Å². The van der Waals surface area contributed by atoms with Gasteiger partial charge in [-0.15, -0.1) is 0 Å². The normalized spacial score (nSPS) is 10.5. The first-order valence-electron chi connectivity index (χ1n) is 10.8. The number of anilines is 1. The maximum Gasteiger partial charge on any atom is 0.259 e. The van der Waals surface area contributed by atoms with Gasteiger partial charge in [0, 0.05) is 10.9 Å². The van der Waals surface area contributed by atoms with E-state index >= 15 is 0 Å². The van der Waals surface area contributed by atoms with Crippen LogP contribution in [0.3, 0.4) is 0 Å². The molecular weight excluding hydrogens is 496 g/mol. The molecule has 6 nitrogen and oxygen atoms in total. The third-order valence-corrected chi connectivity index (χ3v) is 5.59. The fourth-order valence-electron chi connectivity index (χ4n) is 3.38. The molecule has 0 unspecified atom stereocenters. The Bertz CT molecular complexity index is 1260. The van der Waals surface area contributed by atoms with Crippen LogP contribution in [0.5, 0.6) is 5.75 Å². The second-order valence-electron chi connectivity index (χ2n) is 7.49. The first-order valence-corrected chi connectivity index (χ1v) is 11.6. The molecule has 0 atom stereocenters. The summed E-state index contributed by atoms with van der Waals surface area (Å²) in [5, 5.41) is 5.66. The van der Waals surface area contributed by atoms with E-state index in [2.05, 4.69) is 26.6 Å². The van der Waals surface area contributed by atoms with Crippen LogP contribution in [0.25, 0.3) is 0 Å². The lowest BCUT2D eigenvalue weighted by Gasteiger charge is -2.14. The molecule has 0 saturated heterocycles. The van der Waals surface area contributed by atoms with Gasteiger partial charge in [-0.05, 0) is 48.0 Å². The summed E-state index contributed by atoms with van der Waals surface area (Å²) >= 11 is 3.42. The Balaban J connectivity index is 1.46. The van der Waals surface area contributed by atoms with Crippen molar-refractivity contribution in [2.45, 2.75) is 13.0 Å². The van der Waals surface area contributed by atoms with Crippen molar-refractivity contribution in [3.8, 4) is 5.75 Å². The summed E-state index contributed by atoms with van der Waals surface area (Å²) in [5.74, 6) is 0.417.